The minimum Gasteiger partial charge on any atom is -0.480 e. The summed E-state index contributed by atoms with van der Waals surface area (Å²) in [6.07, 6.45) is 0.994. The van der Waals surface area contributed by atoms with E-state index in [1.807, 2.05) is 13.8 Å². The standard InChI is InChI=1S/C13H26N2O4S/c1-9-6-10(2)8-15(7-9)20(18,19)14-11(12(16)17)13(3,4)5/h9-11,14H,6-8H2,1-5H3,(H,16,17)/t9?,10?,11-/m0/s1. The highest BCUT2D eigenvalue weighted by atomic mass is 32.2. The normalized spacial score (nSPS) is 27.2. The first-order valence-electron chi connectivity index (χ1n) is 6.93. The molecule has 118 valence electrons. The average molecular weight is 306 g/mol. The number of nitrogens with one attached hydrogen (secondary N) is 1. The molecule has 0 aromatic carbocycles. The van der Waals surface area contributed by atoms with Gasteiger partial charge < -0.3 is 5.11 Å². The zero-order valence-electron chi connectivity index (χ0n) is 12.9. The number of carboxylic acids is 1. The summed E-state index contributed by atoms with van der Waals surface area (Å²) in [5, 5.41) is 9.23. The summed E-state index contributed by atoms with van der Waals surface area (Å²) in [5.41, 5.74) is -0.689. The first-order chi connectivity index (χ1) is 8.93. The smallest absolute Gasteiger partial charge is 0.322 e. The van der Waals surface area contributed by atoms with Gasteiger partial charge in [0.15, 0.2) is 0 Å². The lowest BCUT2D eigenvalue weighted by molar-refractivity contribution is -0.141. The van der Waals surface area contributed by atoms with Crippen LogP contribution in [0.5, 0.6) is 0 Å². The van der Waals surface area contributed by atoms with E-state index >= 15 is 0 Å². The molecule has 1 saturated heterocycles. The molecule has 1 aliphatic heterocycles. The Morgan fingerprint density at radius 2 is 1.70 bits per heavy atom. The highest BCUT2D eigenvalue weighted by molar-refractivity contribution is 7.87. The van der Waals surface area contributed by atoms with E-state index in [0.29, 0.717) is 13.1 Å². The van der Waals surface area contributed by atoms with Crippen LogP contribution in [0.4, 0.5) is 0 Å². The average Bonchev–Trinajstić information content (AvgIpc) is 2.22. The van der Waals surface area contributed by atoms with Crippen molar-refractivity contribution in [2.45, 2.75) is 47.1 Å². The lowest BCUT2D eigenvalue weighted by atomic mass is 9.88. The predicted octanol–water partition coefficient (Wildman–Crippen LogP) is 1.30. The number of aliphatic carboxylic acids is 1. The van der Waals surface area contributed by atoms with Crippen molar-refractivity contribution in [2.75, 3.05) is 13.1 Å². The number of hydrogen-bond acceptors (Lipinski definition) is 3. The van der Waals surface area contributed by atoms with Crippen LogP contribution in [0, 0.1) is 17.3 Å². The third kappa shape index (κ3) is 4.43. The molecule has 7 heteroatoms. The van der Waals surface area contributed by atoms with Crippen molar-refractivity contribution < 1.29 is 18.3 Å². The zero-order valence-corrected chi connectivity index (χ0v) is 13.7. The maximum absolute atomic E-state index is 12.4. The van der Waals surface area contributed by atoms with Crippen LogP contribution in [-0.4, -0.2) is 42.9 Å². The molecule has 2 unspecified atom stereocenters. The van der Waals surface area contributed by atoms with E-state index in [2.05, 4.69) is 4.72 Å². The maximum atomic E-state index is 12.4. The number of piperidine rings is 1. The molecule has 1 rings (SSSR count). The van der Waals surface area contributed by atoms with Crippen molar-refractivity contribution in [3.63, 3.8) is 0 Å². The second kappa shape index (κ2) is 5.99. The van der Waals surface area contributed by atoms with Gasteiger partial charge in [-0.1, -0.05) is 34.6 Å². The summed E-state index contributed by atoms with van der Waals surface area (Å²) >= 11 is 0. The van der Waals surface area contributed by atoms with Crippen LogP contribution in [0.3, 0.4) is 0 Å². The monoisotopic (exact) mass is 306 g/mol. The Morgan fingerprint density at radius 3 is 2.05 bits per heavy atom. The number of carboxylic acid groups (broad SMARTS) is 1. The SMILES string of the molecule is CC1CC(C)CN(S(=O)(=O)N[C@@H](C(=O)O)C(C)(C)C)C1. The molecule has 2 N–H and O–H groups in total. The van der Waals surface area contributed by atoms with E-state index in [1.165, 1.54) is 4.31 Å². The minimum absolute atomic E-state index is 0.285. The van der Waals surface area contributed by atoms with Crippen LogP contribution in [0.1, 0.15) is 41.0 Å². The first kappa shape index (κ1) is 17.4. The van der Waals surface area contributed by atoms with E-state index in [9.17, 15) is 18.3 Å². The predicted molar refractivity (Wildman–Crippen MR) is 77.5 cm³/mol. The van der Waals surface area contributed by atoms with Gasteiger partial charge in [-0.25, -0.2) is 0 Å². The summed E-state index contributed by atoms with van der Waals surface area (Å²) in [7, 11) is -3.77. The molecule has 0 spiro atoms. The quantitative estimate of drug-likeness (QED) is 0.819. The summed E-state index contributed by atoms with van der Waals surface area (Å²) in [5.74, 6) is -0.583. The van der Waals surface area contributed by atoms with Crippen LogP contribution in [0.15, 0.2) is 0 Å². The molecule has 1 aliphatic rings. The maximum Gasteiger partial charge on any atom is 0.322 e. The van der Waals surface area contributed by atoms with Crippen LogP contribution in [0.25, 0.3) is 0 Å². The molecule has 0 bridgehead atoms. The van der Waals surface area contributed by atoms with Crippen molar-refractivity contribution in [3.05, 3.63) is 0 Å². The minimum atomic E-state index is -3.77. The van der Waals surface area contributed by atoms with Gasteiger partial charge in [0, 0.05) is 13.1 Å². The Hall–Kier alpha value is -0.660. The Balaban J connectivity index is 2.90. The molecule has 3 atom stereocenters. The third-order valence-corrected chi connectivity index (χ3v) is 5.07. The molecule has 0 aliphatic carbocycles. The van der Waals surface area contributed by atoms with Crippen LogP contribution < -0.4 is 4.72 Å². The molecule has 1 fully saturated rings. The fourth-order valence-electron chi connectivity index (χ4n) is 2.62. The van der Waals surface area contributed by atoms with Gasteiger partial charge in [-0.15, -0.1) is 0 Å². The van der Waals surface area contributed by atoms with E-state index in [1.54, 1.807) is 20.8 Å². The Kier molecular flexibility index (Phi) is 5.21. The topological polar surface area (TPSA) is 86.7 Å². The van der Waals surface area contributed by atoms with Gasteiger partial charge in [0.1, 0.15) is 6.04 Å². The van der Waals surface area contributed by atoms with Crippen LogP contribution >= 0.6 is 0 Å². The molecule has 1 heterocycles. The summed E-state index contributed by atoms with van der Waals surface area (Å²) in [4.78, 5) is 11.3. The van der Waals surface area contributed by atoms with E-state index in [0.717, 1.165) is 6.42 Å². The number of hydrogen-bond donors (Lipinski definition) is 2. The highest BCUT2D eigenvalue weighted by Crippen LogP contribution is 2.25. The fourth-order valence-corrected chi connectivity index (χ4v) is 4.43. The molecule has 6 nitrogen and oxygen atoms in total. The number of carbonyl (C=O) groups is 1. The van der Waals surface area contributed by atoms with Crippen molar-refractivity contribution in [2.24, 2.45) is 17.3 Å². The second-order valence-corrected chi connectivity index (χ2v) is 8.73. The van der Waals surface area contributed by atoms with Crippen molar-refractivity contribution >= 4 is 16.2 Å². The van der Waals surface area contributed by atoms with Gasteiger partial charge >= 0.3 is 5.97 Å². The summed E-state index contributed by atoms with van der Waals surface area (Å²) in [6.45, 7) is 10.0. The van der Waals surface area contributed by atoms with E-state index in [4.69, 9.17) is 0 Å². The van der Waals surface area contributed by atoms with Gasteiger partial charge in [-0.05, 0) is 23.7 Å². The molecule has 0 radical (unpaired) electrons. The molecule has 0 aromatic rings. The van der Waals surface area contributed by atoms with Gasteiger partial charge in [0.05, 0.1) is 0 Å². The lowest BCUT2D eigenvalue weighted by Crippen LogP contribution is -2.55. The Morgan fingerprint density at radius 1 is 1.25 bits per heavy atom. The van der Waals surface area contributed by atoms with Crippen molar-refractivity contribution in [1.29, 1.82) is 0 Å². The van der Waals surface area contributed by atoms with Gasteiger partial charge in [0.25, 0.3) is 10.2 Å². The van der Waals surface area contributed by atoms with Crippen LogP contribution in [0.2, 0.25) is 0 Å². The van der Waals surface area contributed by atoms with Crippen molar-refractivity contribution in [3.8, 4) is 0 Å². The molecule has 0 aromatic heterocycles. The molecule has 0 saturated carbocycles. The molecular formula is C13H26N2O4S. The highest BCUT2D eigenvalue weighted by Gasteiger charge is 2.38. The summed E-state index contributed by atoms with van der Waals surface area (Å²) < 4.78 is 28.5. The van der Waals surface area contributed by atoms with E-state index < -0.39 is 27.6 Å². The van der Waals surface area contributed by atoms with Gasteiger partial charge in [-0.3, -0.25) is 4.79 Å². The second-order valence-electron chi connectivity index (χ2n) is 7.02. The Bertz CT molecular complexity index is 445. The van der Waals surface area contributed by atoms with Crippen LogP contribution in [-0.2, 0) is 15.0 Å². The zero-order chi connectivity index (χ0) is 15.7. The van der Waals surface area contributed by atoms with Gasteiger partial charge in [0.2, 0.25) is 0 Å². The molecule has 0 amide bonds. The first-order valence-corrected chi connectivity index (χ1v) is 8.37. The largest absolute Gasteiger partial charge is 0.480 e. The van der Waals surface area contributed by atoms with Gasteiger partial charge in [-0.2, -0.15) is 17.4 Å². The molecule has 20 heavy (non-hydrogen) atoms. The molecular weight excluding hydrogens is 280 g/mol. The summed E-state index contributed by atoms with van der Waals surface area (Å²) in [6, 6.07) is -1.14. The fraction of sp³-hybridized carbons (Fsp3) is 0.923. The van der Waals surface area contributed by atoms with E-state index in [-0.39, 0.29) is 11.8 Å². The number of nitrogens with zero attached hydrogens (tertiary/aromatic N) is 1. The number of rotatable bonds is 4. The third-order valence-electron chi connectivity index (χ3n) is 3.56. The Labute approximate surface area is 121 Å². The van der Waals surface area contributed by atoms with Crippen molar-refractivity contribution in [1.82, 2.24) is 9.03 Å². The lowest BCUT2D eigenvalue weighted by Gasteiger charge is -2.36.